The number of nitrogens with zero attached hydrogens (tertiary/aromatic N) is 2. The van der Waals surface area contributed by atoms with E-state index >= 15 is 0 Å². The van der Waals surface area contributed by atoms with Crippen molar-refractivity contribution in [3.05, 3.63) is 58.6 Å². The Morgan fingerprint density at radius 3 is 2.56 bits per heavy atom. The first kappa shape index (κ1) is 13.0. The standard InChI is InChI=1S/C14H15ClN2O/c1-3-11-9-12(15)17-14(16-11)13(18-2)10-7-5-4-6-8-10/h4-9,13H,3H2,1-2H3. The maximum absolute atomic E-state index is 6.01. The van der Waals surface area contributed by atoms with Crippen molar-refractivity contribution in [3.8, 4) is 0 Å². The van der Waals surface area contributed by atoms with E-state index in [1.54, 1.807) is 13.2 Å². The van der Waals surface area contributed by atoms with Crippen LogP contribution in [-0.2, 0) is 11.2 Å². The van der Waals surface area contributed by atoms with Crippen molar-refractivity contribution in [1.29, 1.82) is 0 Å². The van der Waals surface area contributed by atoms with Gasteiger partial charge in [-0.1, -0.05) is 48.9 Å². The minimum absolute atomic E-state index is 0.282. The number of hydrogen-bond acceptors (Lipinski definition) is 3. The molecule has 0 aliphatic carbocycles. The number of hydrogen-bond donors (Lipinski definition) is 0. The summed E-state index contributed by atoms with van der Waals surface area (Å²) in [4.78, 5) is 8.74. The van der Waals surface area contributed by atoms with Gasteiger partial charge in [-0.15, -0.1) is 0 Å². The van der Waals surface area contributed by atoms with Crippen molar-refractivity contribution in [2.24, 2.45) is 0 Å². The van der Waals surface area contributed by atoms with Gasteiger partial charge in [0.05, 0.1) is 0 Å². The van der Waals surface area contributed by atoms with Gasteiger partial charge in [-0.05, 0) is 18.1 Å². The van der Waals surface area contributed by atoms with Crippen LogP contribution in [0.3, 0.4) is 0 Å². The maximum Gasteiger partial charge on any atom is 0.163 e. The molecule has 0 saturated carbocycles. The fourth-order valence-electron chi connectivity index (χ4n) is 1.80. The fraction of sp³-hybridized carbons (Fsp3) is 0.286. The first-order chi connectivity index (χ1) is 8.74. The summed E-state index contributed by atoms with van der Waals surface area (Å²) in [6, 6.07) is 11.7. The highest BCUT2D eigenvalue weighted by molar-refractivity contribution is 6.29. The summed E-state index contributed by atoms with van der Waals surface area (Å²) >= 11 is 6.01. The summed E-state index contributed by atoms with van der Waals surface area (Å²) in [6.07, 6.45) is 0.538. The van der Waals surface area contributed by atoms with Crippen LogP contribution in [-0.4, -0.2) is 17.1 Å². The van der Waals surface area contributed by atoms with Crippen LogP contribution in [0, 0.1) is 0 Å². The van der Waals surface area contributed by atoms with Crippen LogP contribution in [0.5, 0.6) is 0 Å². The minimum atomic E-state index is -0.282. The predicted molar refractivity (Wildman–Crippen MR) is 71.7 cm³/mol. The molecule has 0 N–H and O–H groups in total. The molecule has 3 nitrogen and oxygen atoms in total. The maximum atomic E-state index is 6.01. The topological polar surface area (TPSA) is 35.0 Å². The van der Waals surface area contributed by atoms with Crippen molar-refractivity contribution in [2.45, 2.75) is 19.4 Å². The van der Waals surface area contributed by atoms with Crippen LogP contribution >= 0.6 is 11.6 Å². The van der Waals surface area contributed by atoms with Crippen LogP contribution in [0.15, 0.2) is 36.4 Å². The van der Waals surface area contributed by atoms with Gasteiger partial charge in [-0.25, -0.2) is 9.97 Å². The summed E-state index contributed by atoms with van der Waals surface area (Å²) in [5.41, 5.74) is 1.94. The van der Waals surface area contributed by atoms with E-state index < -0.39 is 0 Å². The third-order valence-electron chi connectivity index (χ3n) is 2.70. The van der Waals surface area contributed by atoms with Crippen LogP contribution in [0.2, 0.25) is 5.15 Å². The van der Waals surface area contributed by atoms with Gasteiger partial charge >= 0.3 is 0 Å². The van der Waals surface area contributed by atoms with E-state index in [0.717, 1.165) is 17.7 Å². The Bertz CT molecular complexity index is 516. The molecule has 1 aromatic heterocycles. The Labute approximate surface area is 112 Å². The zero-order valence-corrected chi connectivity index (χ0v) is 11.2. The Morgan fingerprint density at radius 1 is 1.22 bits per heavy atom. The number of methoxy groups -OCH3 is 1. The molecule has 1 aromatic carbocycles. The molecule has 0 amide bonds. The molecule has 0 aliphatic rings. The van der Waals surface area contributed by atoms with E-state index in [1.807, 2.05) is 37.3 Å². The summed E-state index contributed by atoms with van der Waals surface area (Å²) in [6.45, 7) is 2.03. The lowest BCUT2D eigenvalue weighted by molar-refractivity contribution is 0.129. The van der Waals surface area contributed by atoms with Crippen molar-refractivity contribution in [3.63, 3.8) is 0 Å². The molecule has 0 spiro atoms. The largest absolute Gasteiger partial charge is 0.369 e. The lowest BCUT2D eigenvalue weighted by Gasteiger charge is -2.15. The molecular formula is C14H15ClN2O. The Hall–Kier alpha value is -1.45. The number of benzene rings is 1. The summed E-state index contributed by atoms with van der Waals surface area (Å²) < 4.78 is 5.49. The van der Waals surface area contributed by atoms with Gasteiger partial charge in [0, 0.05) is 12.8 Å². The number of ether oxygens (including phenoxy) is 1. The lowest BCUT2D eigenvalue weighted by atomic mass is 10.1. The SMILES string of the molecule is CCc1cc(Cl)nc(C(OC)c2ccccc2)n1. The van der Waals surface area contributed by atoms with Crippen molar-refractivity contribution >= 4 is 11.6 Å². The highest BCUT2D eigenvalue weighted by atomic mass is 35.5. The Morgan fingerprint density at radius 2 is 1.94 bits per heavy atom. The molecule has 2 aromatic rings. The van der Waals surface area contributed by atoms with Crippen molar-refractivity contribution < 1.29 is 4.74 Å². The first-order valence-electron chi connectivity index (χ1n) is 5.85. The first-order valence-corrected chi connectivity index (χ1v) is 6.23. The van der Waals surface area contributed by atoms with E-state index in [0.29, 0.717) is 11.0 Å². The molecule has 1 unspecified atom stereocenters. The third-order valence-corrected chi connectivity index (χ3v) is 2.89. The molecule has 0 radical (unpaired) electrons. The second-order valence-corrected chi connectivity index (χ2v) is 4.31. The number of aryl methyl sites for hydroxylation is 1. The van der Waals surface area contributed by atoms with Crippen LogP contribution < -0.4 is 0 Å². The highest BCUT2D eigenvalue weighted by Crippen LogP contribution is 2.23. The lowest BCUT2D eigenvalue weighted by Crippen LogP contribution is -2.09. The summed E-state index contributed by atoms with van der Waals surface area (Å²) in [5.74, 6) is 0.605. The zero-order chi connectivity index (χ0) is 13.0. The number of halogens is 1. The number of rotatable bonds is 4. The molecule has 2 rings (SSSR count). The molecule has 0 fully saturated rings. The molecule has 94 valence electrons. The minimum Gasteiger partial charge on any atom is -0.369 e. The fourth-order valence-corrected chi connectivity index (χ4v) is 2.01. The number of aromatic nitrogens is 2. The summed E-state index contributed by atoms with van der Waals surface area (Å²) in [7, 11) is 1.65. The molecule has 4 heteroatoms. The Balaban J connectivity index is 2.42. The van der Waals surface area contributed by atoms with Crippen LogP contribution in [0.25, 0.3) is 0 Å². The smallest absolute Gasteiger partial charge is 0.163 e. The van der Waals surface area contributed by atoms with E-state index in [2.05, 4.69) is 9.97 Å². The molecule has 0 saturated heterocycles. The monoisotopic (exact) mass is 262 g/mol. The van der Waals surface area contributed by atoms with Gasteiger partial charge < -0.3 is 4.74 Å². The van der Waals surface area contributed by atoms with Gasteiger partial charge in [0.25, 0.3) is 0 Å². The van der Waals surface area contributed by atoms with Gasteiger partial charge in [0.2, 0.25) is 0 Å². The van der Waals surface area contributed by atoms with E-state index in [9.17, 15) is 0 Å². The van der Waals surface area contributed by atoms with Gasteiger partial charge in [-0.3, -0.25) is 0 Å². The molecule has 0 bridgehead atoms. The molecular weight excluding hydrogens is 248 g/mol. The normalized spacial score (nSPS) is 12.4. The average Bonchev–Trinajstić information content (AvgIpc) is 2.40. The van der Waals surface area contributed by atoms with Gasteiger partial charge in [0.1, 0.15) is 11.3 Å². The predicted octanol–water partition coefficient (Wildman–Crippen LogP) is 3.43. The molecule has 0 aliphatic heterocycles. The van der Waals surface area contributed by atoms with Crippen LogP contribution in [0.4, 0.5) is 0 Å². The van der Waals surface area contributed by atoms with Crippen LogP contribution in [0.1, 0.15) is 30.1 Å². The van der Waals surface area contributed by atoms with E-state index in [4.69, 9.17) is 16.3 Å². The summed E-state index contributed by atoms with van der Waals surface area (Å²) in [5, 5.41) is 0.454. The van der Waals surface area contributed by atoms with E-state index in [-0.39, 0.29) is 6.10 Å². The molecule has 1 heterocycles. The molecule has 1 atom stereocenters. The zero-order valence-electron chi connectivity index (χ0n) is 10.4. The van der Waals surface area contributed by atoms with E-state index in [1.165, 1.54) is 0 Å². The quantitative estimate of drug-likeness (QED) is 0.792. The second kappa shape index (κ2) is 5.94. The van der Waals surface area contributed by atoms with Gasteiger partial charge in [0.15, 0.2) is 5.82 Å². The molecule has 18 heavy (non-hydrogen) atoms. The third kappa shape index (κ3) is 2.86. The average molecular weight is 263 g/mol. The highest BCUT2D eigenvalue weighted by Gasteiger charge is 2.17. The van der Waals surface area contributed by atoms with Crippen molar-refractivity contribution in [1.82, 2.24) is 9.97 Å². The van der Waals surface area contributed by atoms with Crippen molar-refractivity contribution in [2.75, 3.05) is 7.11 Å². The second-order valence-electron chi connectivity index (χ2n) is 3.92. The Kier molecular flexibility index (Phi) is 4.28. The van der Waals surface area contributed by atoms with Gasteiger partial charge in [-0.2, -0.15) is 0 Å².